The number of nitrogens with one attached hydrogen (secondary N) is 1. The molecular weight excluding hydrogens is 284 g/mol. The van der Waals surface area contributed by atoms with Gasteiger partial charge >= 0.3 is 0 Å². The van der Waals surface area contributed by atoms with Crippen molar-refractivity contribution in [2.45, 2.75) is 25.8 Å². The largest absolute Gasteiger partial charge is 0.356 e. The zero-order chi connectivity index (χ0) is 15.8. The highest BCUT2D eigenvalue weighted by atomic mass is 16.2. The molecule has 3 heteroatoms. The normalized spacial score (nSPS) is 22.2. The van der Waals surface area contributed by atoms with Gasteiger partial charge < -0.3 is 9.88 Å². The van der Waals surface area contributed by atoms with Crippen LogP contribution in [0, 0.1) is 6.92 Å². The zero-order valence-corrected chi connectivity index (χ0v) is 13.3. The Hall–Kier alpha value is -2.55. The van der Waals surface area contributed by atoms with E-state index in [1.54, 1.807) is 0 Å². The summed E-state index contributed by atoms with van der Waals surface area (Å²) in [6, 6.07) is 14.6. The second kappa shape index (κ2) is 4.05. The Morgan fingerprint density at radius 1 is 1.17 bits per heavy atom. The first-order valence-corrected chi connectivity index (χ1v) is 8.14. The maximum Gasteiger partial charge on any atom is 0.255 e. The second-order valence-corrected chi connectivity index (χ2v) is 6.85. The summed E-state index contributed by atoms with van der Waals surface area (Å²) in [6.45, 7) is 5.08. The average Bonchev–Trinajstić information content (AvgIpc) is 3.03. The number of aryl methyl sites for hydroxylation is 1. The highest BCUT2D eigenvalue weighted by Crippen LogP contribution is 2.48. The van der Waals surface area contributed by atoms with E-state index in [1.165, 1.54) is 27.7 Å². The van der Waals surface area contributed by atoms with Gasteiger partial charge in [0.2, 0.25) is 0 Å². The SMILES string of the molecule is Cc1ccc2[nH]c3c(c2c1)CCN1C(=O)c2ccccc2C31C. The smallest absolute Gasteiger partial charge is 0.255 e. The number of fused-ring (bicyclic) bond motifs is 7. The van der Waals surface area contributed by atoms with Crippen LogP contribution in [0.4, 0.5) is 0 Å². The fraction of sp³-hybridized carbons (Fsp3) is 0.250. The molecule has 1 aromatic heterocycles. The summed E-state index contributed by atoms with van der Waals surface area (Å²) in [5.74, 6) is 0.156. The van der Waals surface area contributed by atoms with Crippen molar-refractivity contribution in [3.63, 3.8) is 0 Å². The topological polar surface area (TPSA) is 36.1 Å². The Labute approximate surface area is 134 Å². The van der Waals surface area contributed by atoms with Crippen LogP contribution in [0.15, 0.2) is 42.5 Å². The van der Waals surface area contributed by atoms with Crippen LogP contribution >= 0.6 is 0 Å². The molecule has 1 N–H and O–H groups in total. The van der Waals surface area contributed by atoms with E-state index in [1.807, 2.05) is 23.1 Å². The van der Waals surface area contributed by atoms with Crippen molar-refractivity contribution in [1.29, 1.82) is 0 Å². The third-order valence-electron chi connectivity index (χ3n) is 5.60. The first-order chi connectivity index (χ1) is 11.1. The van der Waals surface area contributed by atoms with E-state index >= 15 is 0 Å². The predicted octanol–water partition coefficient (Wildman–Crippen LogP) is 3.75. The molecular formula is C20H18N2O. The molecule has 3 aromatic rings. The van der Waals surface area contributed by atoms with Gasteiger partial charge in [0.15, 0.2) is 0 Å². The number of hydrogen-bond acceptors (Lipinski definition) is 1. The van der Waals surface area contributed by atoms with Crippen molar-refractivity contribution in [3.8, 4) is 0 Å². The quantitative estimate of drug-likeness (QED) is 0.674. The summed E-state index contributed by atoms with van der Waals surface area (Å²) in [6.07, 6.45) is 0.911. The van der Waals surface area contributed by atoms with Crippen LogP contribution in [0.2, 0.25) is 0 Å². The molecule has 1 atom stereocenters. The zero-order valence-electron chi connectivity index (χ0n) is 13.3. The van der Waals surface area contributed by atoms with Crippen LogP contribution in [0.5, 0.6) is 0 Å². The summed E-state index contributed by atoms with van der Waals surface area (Å²) in [7, 11) is 0. The van der Waals surface area contributed by atoms with E-state index in [0.717, 1.165) is 24.1 Å². The van der Waals surface area contributed by atoms with Gasteiger partial charge in [0, 0.05) is 28.7 Å². The molecule has 1 amide bonds. The van der Waals surface area contributed by atoms with Crippen LogP contribution in [0.1, 0.15) is 39.7 Å². The lowest BCUT2D eigenvalue weighted by Crippen LogP contribution is -2.47. The molecule has 0 fully saturated rings. The molecule has 2 aromatic carbocycles. The van der Waals surface area contributed by atoms with Crippen molar-refractivity contribution in [3.05, 3.63) is 70.4 Å². The molecule has 0 aliphatic carbocycles. The van der Waals surface area contributed by atoms with Gasteiger partial charge in [0.25, 0.3) is 5.91 Å². The Bertz CT molecular complexity index is 984. The van der Waals surface area contributed by atoms with Gasteiger partial charge in [-0.25, -0.2) is 0 Å². The van der Waals surface area contributed by atoms with E-state index in [-0.39, 0.29) is 11.4 Å². The Kier molecular flexibility index (Phi) is 2.28. The molecule has 0 spiro atoms. The summed E-state index contributed by atoms with van der Waals surface area (Å²) < 4.78 is 0. The van der Waals surface area contributed by atoms with E-state index in [9.17, 15) is 4.79 Å². The Morgan fingerprint density at radius 3 is 2.87 bits per heavy atom. The lowest BCUT2D eigenvalue weighted by Gasteiger charge is -2.40. The second-order valence-electron chi connectivity index (χ2n) is 6.85. The number of hydrogen-bond donors (Lipinski definition) is 1. The highest BCUT2D eigenvalue weighted by molar-refractivity contribution is 6.01. The minimum Gasteiger partial charge on any atom is -0.356 e. The van der Waals surface area contributed by atoms with Crippen molar-refractivity contribution in [2.75, 3.05) is 6.54 Å². The monoisotopic (exact) mass is 302 g/mol. The third kappa shape index (κ3) is 1.43. The molecule has 23 heavy (non-hydrogen) atoms. The molecule has 0 saturated heterocycles. The van der Waals surface area contributed by atoms with Crippen molar-refractivity contribution in [1.82, 2.24) is 9.88 Å². The maximum atomic E-state index is 12.8. The molecule has 3 heterocycles. The van der Waals surface area contributed by atoms with Crippen molar-refractivity contribution in [2.24, 2.45) is 0 Å². The molecule has 2 aliphatic rings. The Morgan fingerprint density at radius 2 is 2.00 bits per heavy atom. The van der Waals surface area contributed by atoms with E-state index in [4.69, 9.17) is 0 Å². The van der Waals surface area contributed by atoms with Crippen molar-refractivity contribution >= 4 is 16.8 Å². The molecule has 114 valence electrons. The van der Waals surface area contributed by atoms with Crippen LogP contribution in [0.25, 0.3) is 10.9 Å². The van der Waals surface area contributed by atoms with Crippen molar-refractivity contribution < 1.29 is 4.79 Å². The molecule has 1 unspecified atom stereocenters. The molecule has 2 aliphatic heterocycles. The van der Waals surface area contributed by atoms with E-state index in [2.05, 4.69) is 43.1 Å². The standard InChI is InChI=1S/C20H18N2O/c1-12-7-8-17-15(11-12)13-9-10-22-19(23)14-5-3-4-6-16(14)20(22,2)18(13)21-17/h3-8,11,21H,9-10H2,1-2H3. The van der Waals surface area contributed by atoms with Gasteiger partial charge in [0.1, 0.15) is 5.54 Å². The predicted molar refractivity (Wildman–Crippen MR) is 90.7 cm³/mol. The number of amides is 1. The average molecular weight is 302 g/mol. The summed E-state index contributed by atoms with van der Waals surface area (Å²) in [5.41, 5.74) is 6.57. The van der Waals surface area contributed by atoms with Gasteiger partial charge in [0.05, 0.1) is 0 Å². The van der Waals surface area contributed by atoms with Gasteiger partial charge in [-0.2, -0.15) is 0 Å². The highest BCUT2D eigenvalue weighted by Gasteiger charge is 2.51. The molecule has 0 radical (unpaired) electrons. The first-order valence-electron chi connectivity index (χ1n) is 8.14. The summed E-state index contributed by atoms with van der Waals surface area (Å²) >= 11 is 0. The summed E-state index contributed by atoms with van der Waals surface area (Å²) in [4.78, 5) is 18.5. The lowest BCUT2D eigenvalue weighted by molar-refractivity contribution is 0.0626. The molecule has 5 rings (SSSR count). The summed E-state index contributed by atoms with van der Waals surface area (Å²) in [5, 5.41) is 1.30. The van der Waals surface area contributed by atoms with Gasteiger partial charge in [-0.3, -0.25) is 4.79 Å². The van der Waals surface area contributed by atoms with Crippen LogP contribution < -0.4 is 0 Å². The van der Waals surface area contributed by atoms with Crippen LogP contribution in [0.3, 0.4) is 0 Å². The fourth-order valence-electron chi connectivity index (χ4n) is 4.44. The molecule has 3 nitrogen and oxygen atoms in total. The molecule has 0 bridgehead atoms. The maximum absolute atomic E-state index is 12.8. The first kappa shape index (κ1) is 12.9. The minimum atomic E-state index is -0.381. The molecule has 0 saturated carbocycles. The number of carbonyl (C=O) groups is 1. The lowest BCUT2D eigenvalue weighted by atomic mass is 9.82. The van der Waals surface area contributed by atoms with Crippen LogP contribution in [-0.2, 0) is 12.0 Å². The minimum absolute atomic E-state index is 0.156. The fourth-order valence-corrected chi connectivity index (χ4v) is 4.44. The third-order valence-corrected chi connectivity index (χ3v) is 5.60. The number of aromatic amines is 1. The number of aromatic nitrogens is 1. The van der Waals surface area contributed by atoms with Gasteiger partial charge in [-0.05, 0) is 49.6 Å². The van der Waals surface area contributed by atoms with Gasteiger partial charge in [-0.1, -0.05) is 29.8 Å². The number of H-pyrrole nitrogens is 1. The van der Waals surface area contributed by atoms with E-state index in [0.29, 0.717) is 0 Å². The number of nitrogens with zero attached hydrogens (tertiary/aromatic N) is 1. The number of benzene rings is 2. The Balaban J connectivity index is 1.86. The van der Waals surface area contributed by atoms with E-state index < -0.39 is 0 Å². The van der Waals surface area contributed by atoms with Crippen LogP contribution in [-0.4, -0.2) is 22.3 Å². The number of rotatable bonds is 0. The number of carbonyl (C=O) groups excluding carboxylic acids is 1. The van der Waals surface area contributed by atoms with Gasteiger partial charge in [-0.15, -0.1) is 0 Å².